The molecule has 4 unspecified atom stereocenters. The fraction of sp³-hybridized carbons (Fsp3) is 0.800. The molecule has 3 saturated heterocycles. The number of hydrogen-bond acceptors (Lipinski definition) is 12. The Labute approximate surface area is 284 Å². The van der Waals surface area contributed by atoms with Crippen molar-refractivity contribution in [2.24, 2.45) is 23.7 Å². The molecule has 3 aliphatic heterocycles. The molecular formula is C35H54N2O9S. The van der Waals surface area contributed by atoms with E-state index in [4.69, 9.17) is 36.3 Å². The molecule has 0 spiro atoms. The van der Waals surface area contributed by atoms with E-state index < -0.39 is 23.1 Å². The second-order valence-corrected chi connectivity index (χ2v) is 16.2. The average Bonchev–Trinajstić information content (AvgIpc) is 3.44. The predicted molar refractivity (Wildman–Crippen MR) is 178 cm³/mol. The zero-order valence-electron chi connectivity index (χ0n) is 28.8. The maximum atomic E-state index is 12.8. The van der Waals surface area contributed by atoms with Gasteiger partial charge >= 0.3 is 18.1 Å². The molecule has 10 atom stereocenters. The number of hydrogen-bond donors (Lipinski definition) is 2. The van der Waals surface area contributed by atoms with Gasteiger partial charge < -0.3 is 38.6 Å². The van der Waals surface area contributed by atoms with Crippen molar-refractivity contribution in [3.8, 4) is 0 Å². The van der Waals surface area contributed by atoms with Crippen molar-refractivity contribution in [3.63, 3.8) is 0 Å². The normalized spacial score (nSPS) is 41.3. The summed E-state index contributed by atoms with van der Waals surface area (Å²) in [7, 11) is 7.76. The minimum absolute atomic E-state index is 0.0300. The lowest BCUT2D eigenvalue weighted by atomic mass is 9.78. The first-order valence-electron chi connectivity index (χ1n) is 17.1. The van der Waals surface area contributed by atoms with Gasteiger partial charge in [0.05, 0.1) is 17.4 Å². The van der Waals surface area contributed by atoms with E-state index in [0.717, 1.165) is 30.4 Å². The Morgan fingerprint density at radius 2 is 1.36 bits per heavy atom. The summed E-state index contributed by atoms with van der Waals surface area (Å²) in [6.07, 6.45) is 7.03. The lowest BCUT2D eigenvalue weighted by molar-refractivity contribution is -0.149. The first kappa shape index (κ1) is 36.2. The molecule has 47 heavy (non-hydrogen) atoms. The van der Waals surface area contributed by atoms with E-state index in [-0.39, 0.29) is 66.6 Å². The van der Waals surface area contributed by atoms with Crippen molar-refractivity contribution < 1.29 is 43.2 Å². The van der Waals surface area contributed by atoms with Crippen LogP contribution in [0.15, 0.2) is 23.3 Å². The SMILES string of the molecule is CN(C)CC1C(=O)O[C@H]2C1CC/C(COC(=O)OC/C1=C/CC[C@@](C)(S)[C@@H](O)[C@H]3OC(=O)C(CN(C)C)C3CC1)=C\CC[C@@]1(C)O[C@@H]21. The molecule has 0 aromatic heterocycles. The van der Waals surface area contributed by atoms with Crippen molar-refractivity contribution in [1.82, 2.24) is 9.80 Å². The molecule has 2 aliphatic carbocycles. The molecule has 0 aromatic carbocycles. The number of esters is 2. The number of allylic oxidation sites excluding steroid dienone is 2. The van der Waals surface area contributed by atoms with Gasteiger partial charge in [-0.25, -0.2) is 4.79 Å². The Kier molecular flexibility index (Phi) is 11.4. The molecule has 0 radical (unpaired) electrons. The van der Waals surface area contributed by atoms with E-state index in [2.05, 4.69) is 19.1 Å². The molecule has 0 amide bonds. The Morgan fingerprint density at radius 3 is 1.89 bits per heavy atom. The molecule has 11 nitrogen and oxygen atoms in total. The molecule has 0 bridgehead atoms. The topological polar surface area (TPSA) is 127 Å². The van der Waals surface area contributed by atoms with Crippen molar-refractivity contribution >= 4 is 30.7 Å². The minimum Gasteiger partial charge on any atom is -0.459 e. The Morgan fingerprint density at radius 1 is 0.872 bits per heavy atom. The van der Waals surface area contributed by atoms with E-state index in [1.165, 1.54) is 0 Å². The third kappa shape index (κ3) is 8.55. The maximum Gasteiger partial charge on any atom is 0.508 e. The largest absolute Gasteiger partial charge is 0.508 e. The second-order valence-electron chi connectivity index (χ2n) is 15.2. The fourth-order valence-electron chi connectivity index (χ4n) is 7.97. The summed E-state index contributed by atoms with van der Waals surface area (Å²) >= 11 is 4.77. The van der Waals surface area contributed by atoms with Crippen molar-refractivity contribution in [2.45, 2.75) is 100.0 Å². The van der Waals surface area contributed by atoms with E-state index >= 15 is 0 Å². The molecular weight excluding hydrogens is 624 g/mol. The molecule has 0 saturated carbocycles. The van der Waals surface area contributed by atoms with Gasteiger partial charge in [-0.2, -0.15) is 12.6 Å². The number of carbonyl (C=O) groups excluding carboxylic acids is 3. The van der Waals surface area contributed by atoms with Crippen LogP contribution in [0.2, 0.25) is 0 Å². The monoisotopic (exact) mass is 678 g/mol. The minimum atomic E-state index is -0.892. The van der Waals surface area contributed by atoms with Gasteiger partial charge in [0, 0.05) is 29.7 Å². The number of aliphatic hydroxyl groups is 1. The summed E-state index contributed by atoms with van der Waals surface area (Å²) in [5.74, 6) is -1.17. The van der Waals surface area contributed by atoms with Crippen LogP contribution in [0, 0.1) is 23.7 Å². The number of epoxide rings is 1. The molecule has 3 fully saturated rings. The zero-order valence-corrected chi connectivity index (χ0v) is 29.7. The molecule has 1 N–H and O–H groups in total. The van der Waals surface area contributed by atoms with Crippen LogP contribution in [-0.2, 0) is 33.3 Å². The number of thiol groups is 1. The second kappa shape index (κ2) is 14.8. The smallest absolute Gasteiger partial charge is 0.459 e. The summed E-state index contributed by atoms with van der Waals surface area (Å²) < 4.78 is 28.2. The highest BCUT2D eigenvalue weighted by Gasteiger charge is 2.62. The summed E-state index contributed by atoms with van der Waals surface area (Å²) in [5.41, 5.74) is 1.63. The van der Waals surface area contributed by atoms with Crippen molar-refractivity contribution in [1.29, 1.82) is 0 Å². The Balaban J connectivity index is 1.18. The van der Waals surface area contributed by atoms with Gasteiger partial charge in [0.25, 0.3) is 0 Å². The van der Waals surface area contributed by atoms with E-state index in [9.17, 15) is 19.5 Å². The van der Waals surface area contributed by atoms with Crippen LogP contribution >= 0.6 is 12.6 Å². The fourth-order valence-corrected chi connectivity index (χ4v) is 8.24. The van der Waals surface area contributed by atoms with Gasteiger partial charge in [-0.3, -0.25) is 9.59 Å². The Bertz CT molecular complexity index is 1240. The number of ether oxygens (including phenoxy) is 5. The summed E-state index contributed by atoms with van der Waals surface area (Å²) in [4.78, 5) is 42.5. The zero-order chi connectivity index (χ0) is 34.1. The number of nitrogens with zero attached hydrogens (tertiary/aromatic N) is 2. The van der Waals surface area contributed by atoms with E-state index in [0.29, 0.717) is 45.2 Å². The highest BCUT2D eigenvalue weighted by Crippen LogP contribution is 2.50. The first-order chi connectivity index (χ1) is 22.2. The van der Waals surface area contributed by atoms with Gasteiger partial charge in [0.15, 0.2) is 0 Å². The predicted octanol–water partition coefficient (Wildman–Crippen LogP) is 3.79. The number of carbonyl (C=O) groups is 3. The van der Waals surface area contributed by atoms with Crippen LogP contribution in [-0.4, -0.2) is 122 Å². The van der Waals surface area contributed by atoms with Crippen LogP contribution in [0.1, 0.15) is 65.2 Å². The molecule has 0 aromatic rings. The third-order valence-corrected chi connectivity index (χ3v) is 11.3. The number of rotatable bonds is 8. The first-order valence-corrected chi connectivity index (χ1v) is 17.6. The van der Waals surface area contributed by atoms with Crippen LogP contribution in [0.5, 0.6) is 0 Å². The van der Waals surface area contributed by atoms with Crippen LogP contribution in [0.25, 0.3) is 0 Å². The number of aliphatic hydroxyl groups excluding tert-OH is 1. The molecule has 3 heterocycles. The van der Waals surface area contributed by atoms with Crippen LogP contribution in [0.3, 0.4) is 0 Å². The van der Waals surface area contributed by atoms with Crippen molar-refractivity contribution in [2.75, 3.05) is 54.5 Å². The van der Waals surface area contributed by atoms with E-state index in [1.54, 1.807) is 0 Å². The lowest BCUT2D eigenvalue weighted by Gasteiger charge is -2.36. The van der Waals surface area contributed by atoms with Crippen LogP contribution in [0.4, 0.5) is 4.79 Å². The van der Waals surface area contributed by atoms with Gasteiger partial charge in [0.1, 0.15) is 37.6 Å². The molecule has 5 aliphatic rings. The average molecular weight is 679 g/mol. The maximum absolute atomic E-state index is 12.8. The van der Waals surface area contributed by atoms with Crippen molar-refractivity contribution in [3.05, 3.63) is 23.3 Å². The third-order valence-electron chi connectivity index (χ3n) is 10.8. The molecule has 264 valence electrons. The van der Waals surface area contributed by atoms with Crippen LogP contribution < -0.4 is 0 Å². The van der Waals surface area contributed by atoms with Gasteiger partial charge in [0.2, 0.25) is 0 Å². The molecule has 5 rings (SSSR count). The summed E-state index contributed by atoms with van der Waals surface area (Å²) in [6, 6.07) is 0. The lowest BCUT2D eigenvalue weighted by Crippen LogP contribution is -2.46. The number of fused-ring (bicyclic) bond motifs is 4. The standard InChI is InChI=1S/C35H54N2O9S/c1-34-15-7-9-21(12-14-24-26(18-37(5)6)32(40)45-28(24)30(34)46-34)19-42-33(41)43-20-22-10-8-16-35(2,47)29(38)27-23(13-11-22)25(17-36(3)4)31(39)44-27/h9-10,23-30,38,47H,7-8,11-20H2,1-6H3/b21-9+,22-10+/t23?,24?,25?,26?,27-,28-,29-,30-,34+,35+/m0/s1. The quantitative estimate of drug-likeness (QED) is 0.128. The van der Waals surface area contributed by atoms with Gasteiger partial charge in [-0.15, -0.1) is 0 Å². The Hall–Kier alpha value is -2.12. The molecule has 12 heteroatoms. The van der Waals surface area contributed by atoms with E-state index in [1.807, 2.05) is 44.9 Å². The van der Waals surface area contributed by atoms with Gasteiger partial charge in [-0.1, -0.05) is 12.2 Å². The highest BCUT2D eigenvalue weighted by atomic mass is 32.1. The summed E-state index contributed by atoms with van der Waals surface area (Å²) in [5, 5.41) is 11.2. The van der Waals surface area contributed by atoms with Gasteiger partial charge in [-0.05, 0) is 105 Å². The summed E-state index contributed by atoms with van der Waals surface area (Å²) in [6.45, 7) is 5.31. The highest BCUT2D eigenvalue weighted by molar-refractivity contribution is 7.81.